The number of rotatable bonds is 14. The Morgan fingerprint density at radius 2 is 1.40 bits per heavy atom. The highest BCUT2D eigenvalue weighted by Gasteiger charge is 2.35. The molecule has 0 aromatic heterocycles. The summed E-state index contributed by atoms with van der Waals surface area (Å²) in [5.74, 6) is -0.533. The molecule has 4 rings (SSSR count). The number of ether oxygens (including phenoxy) is 1. The normalized spacial score (nSPS) is 12.5. The average Bonchev–Trinajstić information content (AvgIpc) is 3.06. The Bertz CT molecular complexity index is 1660. The molecule has 0 bridgehead atoms. The van der Waals surface area contributed by atoms with Crippen molar-refractivity contribution in [3.05, 3.63) is 126 Å². The van der Waals surface area contributed by atoms with Gasteiger partial charge in [0.05, 0.1) is 17.7 Å². The van der Waals surface area contributed by atoms with E-state index in [0.29, 0.717) is 12.2 Å². The van der Waals surface area contributed by atoms with E-state index in [1.165, 1.54) is 24.1 Å². The van der Waals surface area contributed by atoms with Crippen molar-refractivity contribution < 1.29 is 22.7 Å². The number of carbonyl (C=O) groups excluding carboxylic acids is 2. The number of amides is 2. The number of hydrogen-bond acceptors (Lipinski definition) is 5. The topological polar surface area (TPSA) is 96.0 Å². The summed E-state index contributed by atoms with van der Waals surface area (Å²) >= 11 is 0. The van der Waals surface area contributed by atoms with Gasteiger partial charge in [-0.2, -0.15) is 0 Å². The second kappa shape index (κ2) is 15.4. The van der Waals surface area contributed by atoms with Crippen LogP contribution in [0.5, 0.6) is 5.75 Å². The summed E-state index contributed by atoms with van der Waals surface area (Å²) in [5.41, 5.74) is 2.81. The van der Waals surface area contributed by atoms with E-state index < -0.39 is 28.5 Å². The minimum absolute atomic E-state index is 0.0387. The molecule has 0 aliphatic carbocycles. The summed E-state index contributed by atoms with van der Waals surface area (Å²) in [6, 6.07) is 31.0. The first-order valence-electron chi connectivity index (χ1n) is 15.0. The Balaban J connectivity index is 1.82. The molecule has 0 saturated heterocycles. The second-order valence-corrected chi connectivity index (χ2v) is 12.9. The van der Waals surface area contributed by atoms with Crippen LogP contribution in [0.15, 0.2) is 114 Å². The molecular formula is C36H41N3O5S. The Labute approximate surface area is 266 Å². The van der Waals surface area contributed by atoms with E-state index in [1.807, 2.05) is 81.4 Å². The maximum atomic E-state index is 14.6. The zero-order valence-corrected chi connectivity index (χ0v) is 27.0. The second-order valence-electron chi connectivity index (χ2n) is 11.0. The zero-order valence-electron chi connectivity index (χ0n) is 26.2. The van der Waals surface area contributed by atoms with Crippen LogP contribution in [0.25, 0.3) is 0 Å². The SMILES string of the molecule is CC[C@H](C)NC(=O)[C@@H](Cc1ccccc1)N(Cc1ccccc1)C(=O)CN(c1ccccc1OC)S(=O)(=O)c1ccc(C)cc1. The van der Waals surface area contributed by atoms with Crippen molar-refractivity contribution in [2.24, 2.45) is 0 Å². The molecule has 0 aliphatic heterocycles. The first-order chi connectivity index (χ1) is 21.6. The van der Waals surface area contributed by atoms with Crippen molar-refractivity contribution in [3.8, 4) is 5.75 Å². The van der Waals surface area contributed by atoms with Gasteiger partial charge in [-0.25, -0.2) is 8.42 Å². The molecule has 2 atom stereocenters. The van der Waals surface area contributed by atoms with Crippen LogP contribution in [0.4, 0.5) is 5.69 Å². The molecule has 0 saturated carbocycles. The molecule has 45 heavy (non-hydrogen) atoms. The van der Waals surface area contributed by atoms with Crippen LogP contribution in [0, 0.1) is 6.92 Å². The standard InChI is InChI=1S/C36H41N3O5S/c1-5-28(3)37-36(41)33(24-29-14-8-6-9-15-29)38(25-30-16-10-7-11-17-30)35(40)26-39(32-18-12-13-19-34(32)44-4)45(42,43)31-22-20-27(2)21-23-31/h6-23,28,33H,5,24-26H2,1-4H3,(H,37,41)/t28-,33+/m0/s1. The molecule has 4 aromatic carbocycles. The summed E-state index contributed by atoms with van der Waals surface area (Å²) in [4.78, 5) is 30.0. The molecule has 8 nitrogen and oxygen atoms in total. The van der Waals surface area contributed by atoms with Crippen LogP contribution < -0.4 is 14.4 Å². The first kappa shape index (κ1) is 33.3. The molecule has 1 N–H and O–H groups in total. The molecule has 0 heterocycles. The lowest BCUT2D eigenvalue weighted by Crippen LogP contribution is -2.54. The number of sulfonamides is 1. The number of benzene rings is 4. The third kappa shape index (κ3) is 8.51. The van der Waals surface area contributed by atoms with Gasteiger partial charge >= 0.3 is 0 Å². The zero-order chi connectivity index (χ0) is 32.4. The average molecular weight is 628 g/mol. The number of methoxy groups -OCH3 is 1. The van der Waals surface area contributed by atoms with E-state index >= 15 is 0 Å². The molecule has 0 spiro atoms. The lowest BCUT2D eigenvalue weighted by Gasteiger charge is -2.34. The van der Waals surface area contributed by atoms with Crippen molar-refractivity contribution in [2.45, 2.75) is 57.1 Å². The lowest BCUT2D eigenvalue weighted by molar-refractivity contribution is -0.140. The highest BCUT2D eigenvalue weighted by atomic mass is 32.2. The van der Waals surface area contributed by atoms with E-state index in [9.17, 15) is 18.0 Å². The monoisotopic (exact) mass is 627 g/mol. The molecule has 9 heteroatoms. The number of aryl methyl sites for hydroxylation is 1. The van der Waals surface area contributed by atoms with Crippen molar-refractivity contribution in [3.63, 3.8) is 0 Å². The van der Waals surface area contributed by atoms with E-state index in [4.69, 9.17) is 4.74 Å². The number of nitrogens with one attached hydrogen (secondary N) is 1. The molecule has 236 valence electrons. The number of anilines is 1. The fourth-order valence-electron chi connectivity index (χ4n) is 4.96. The highest BCUT2D eigenvalue weighted by molar-refractivity contribution is 7.92. The van der Waals surface area contributed by atoms with Crippen LogP contribution in [-0.4, -0.2) is 50.9 Å². The summed E-state index contributed by atoms with van der Waals surface area (Å²) in [7, 11) is -2.77. The van der Waals surface area contributed by atoms with Crippen LogP contribution in [0.2, 0.25) is 0 Å². The maximum absolute atomic E-state index is 14.6. The Morgan fingerprint density at radius 3 is 2.00 bits per heavy atom. The smallest absolute Gasteiger partial charge is 0.264 e. The predicted octanol–water partition coefficient (Wildman–Crippen LogP) is 5.75. The van der Waals surface area contributed by atoms with Crippen LogP contribution in [-0.2, 0) is 32.6 Å². The first-order valence-corrected chi connectivity index (χ1v) is 16.5. The van der Waals surface area contributed by atoms with Gasteiger partial charge in [0, 0.05) is 19.0 Å². The number of carbonyl (C=O) groups is 2. The van der Waals surface area contributed by atoms with Gasteiger partial charge in [-0.05, 0) is 55.7 Å². The van der Waals surface area contributed by atoms with Gasteiger partial charge in [-0.3, -0.25) is 13.9 Å². The molecule has 4 aromatic rings. The van der Waals surface area contributed by atoms with Crippen molar-refractivity contribution in [2.75, 3.05) is 18.0 Å². The third-order valence-electron chi connectivity index (χ3n) is 7.71. The molecule has 0 fully saturated rings. The minimum Gasteiger partial charge on any atom is -0.495 e. The summed E-state index contributed by atoms with van der Waals surface area (Å²) in [6.07, 6.45) is 0.966. The molecule has 0 unspecified atom stereocenters. The fraction of sp³-hybridized carbons (Fsp3) is 0.278. The lowest BCUT2D eigenvalue weighted by atomic mass is 10.0. The van der Waals surface area contributed by atoms with E-state index in [1.54, 1.807) is 36.4 Å². The van der Waals surface area contributed by atoms with Crippen LogP contribution in [0.1, 0.15) is 37.0 Å². The van der Waals surface area contributed by atoms with E-state index in [-0.39, 0.29) is 35.5 Å². The molecular weight excluding hydrogens is 586 g/mol. The quantitative estimate of drug-likeness (QED) is 0.192. The Hall–Kier alpha value is -4.63. The molecule has 2 amide bonds. The Morgan fingerprint density at radius 1 is 0.822 bits per heavy atom. The van der Waals surface area contributed by atoms with Crippen LogP contribution in [0.3, 0.4) is 0 Å². The van der Waals surface area contributed by atoms with Crippen molar-refractivity contribution in [1.82, 2.24) is 10.2 Å². The number of nitrogens with zero attached hydrogens (tertiary/aromatic N) is 2. The van der Waals surface area contributed by atoms with Gasteiger partial charge in [-0.1, -0.05) is 97.4 Å². The summed E-state index contributed by atoms with van der Waals surface area (Å²) in [5, 5.41) is 3.05. The number of hydrogen-bond donors (Lipinski definition) is 1. The number of para-hydroxylation sites is 2. The fourth-order valence-corrected chi connectivity index (χ4v) is 6.39. The van der Waals surface area contributed by atoms with E-state index in [0.717, 1.165) is 21.0 Å². The highest BCUT2D eigenvalue weighted by Crippen LogP contribution is 2.32. The minimum atomic E-state index is -4.23. The molecule has 0 radical (unpaired) electrons. The summed E-state index contributed by atoms with van der Waals surface area (Å²) in [6.45, 7) is 5.32. The van der Waals surface area contributed by atoms with Gasteiger partial charge in [-0.15, -0.1) is 0 Å². The summed E-state index contributed by atoms with van der Waals surface area (Å²) < 4.78 is 35.1. The van der Waals surface area contributed by atoms with Gasteiger partial charge in [0.25, 0.3) is 10.0 Å². The largest absolute Gasteiger partial charge is 0.495 e. The van der Waals surface area contributed by atoms with Crippen LogP contribution >= 0.6 is 0 Å². The van der Waals surface area contributed by atoms with Crippen molar-refractivity contribution >= 4 is 27.5 Å². The van der Waals surface area contributed by atoms with Gasteiger partial charge in [0.1, 0.15) is 18.3 Å². The maximum Gasteiger partial charge on any atom is 0.264 e. The van der Waals surface area contributed by atoms with Gasteiger partial charge in [0.2, 0.25) is 11.8 Å². The third-order valence-corrected chi connectivity index (χ3v) is 9.48. The van der Waals surface area contributed by atoms with Gasteiger partial charge < -0.3 is 15.0 Å². The van der Waals surface area contributed by atoms with Crippen molar-refractivity contribution in [1.29, 1.82) is 0 Å². The van der Waals surface area contributed by atoms with E-state index in [2.05, 4.69) is 5.32 Å². The Kier molecular flexibility index (Phi) is 11.4. The van der Waals surface area contributed by atoms with Gasteiger partial charge in [0.15, 0.2) is 0 Å². The molecule has 0 aliphatic rings. The predicted molar refractivity (Wildman–Crippen MR) is 178 cm³/mol.